The standard InChI is InChI=1S/C17H17F3N2O2/c1-10-7-13(21-24-10)9-22(2)16(23)15-8-14(15)11-3-5-12(6-4-11)17(18,19)20/h3-7,14-15H,8-9H2,1-2H3/t14-,15-/m0/s1. The third kappa shape index (κ3) is 3.44. The van der Waals surface area contributed by atoms with Gasteiger partial charge in [0.15, 0.2) is 0 Å². The van der Waals surface area contributed by atoms with Crippen LogP contribution in [0.25, 0.3) is 0 Å². The first kappa shape index (κ1) is 16.5. The molecule has 1 aromatic carbocycles. The average molecular weight is 338 g/mol. The summed E-state index contributed by atoms with van der Waals surface area (Å²) in [4.78, 5) is 14.0. The van der Waals surface area contributed by atoms with Gasteiger partial charge < -0.3 is 9.42 Å². The molecule has 3 rings (SSSR count). The van der Waals surface area contributed by atoms with Crippen LogP contribution in [0.5, 0.6) is 0 Å². The van der Waals surface area contributed by atoms with Gasteiger partial charge in [0.05, 0.1) is 12.1 Å². The van der Waals surface area contributed by atoms with Crippen LogP contribution >= 0.6 is 0 Å². The first-order valence-corrected chi connectivity index (χ1v) is 7.60. The molecule has 1 fully saturated rings. The van der Waals surface area contributed by atoms with Crippen molar-refractivity contribution >= 4 is 5.91 Å². The zero-order chi connectivity index (χ0) is 17.5. The minimum atomic E-state index is -4.34. The molecule has 1 aliphatic carbocycles. The SMILES string of the molecule is Cc1cc(CN(C)C(=O)[C@H]2C[C@H]2c2ccc(C(F)(F)F)cc2)no1. The van der Waals surface area contributed by atoms with E-state index in [0.717, 1.165) is 17.7 Å². The molecule has 0 saturated heterocycles. The van der Waals surface area contributed by atoms with Crippen molar-refractivity contribution in [3.63, 3.8) is 0 Å². The Morgan fingerprint density at radius 3 is 2.54 bits per heavy atom. The molecule has 4 nitrogen and oxygen atoms in total. The Kier molecular flexibility index (Phi) is 4.11. The molecule has 1 heterocycles. The predicted octanol–water partition coefficient (Wildman–Crippen LogP) is 3.76. The molecule has 0 radical (unpaired) electrons. The van der Waals surface area contributed by atoms with Crippen LogP contribution in [0.2, 0.25) is 0 Å². The number of amides is 1. The van der Waals surface area contributed by atoms with Crippen LogP contribution in [0.1, 0.15) is 34.9 Å². The van der Waals surface area contributed by atoms with E-state index >= 15 is 0 Å². The van der Waals surface area contributed by atoms with Crippen molar-refractivity contribution in [3.8, 4) is 0 Å². The van der Waals surface area contributed by atoms with Crippen molar-refractivity contribution in [2.75, 3.05) is 7.05 Å². The van der Waals surface area contributed by atoms with Gasteiger partial charge in [-0.1, -0.05) is 17.3 Å². The maximum Gasteiger partial charge on any atom is 0.416 e. The second-order valence-electron chi connectivity index (χ2n) is 6.19. The van der Waals surface area contributed by atoms with Crippen molar-refractivity contribution < 1.29 is 22.5 Å². The van der Waals surface area contributed by atoms with E-state index in [1.807, 2.05) is 0 Å². The predicted molar refractivity (Wildman–Crippen MR) is 80.0 cm³/mol. The lowest BCUT2D eigenvalue weighted by Gasteiger charge is -2.15. The molecule has 128 valence electrons. The summed E-state index contributed by atoms with van der Waals surface area (Å²) in [6.45, 7) is 2.13. The molecule has 7 heteroatoms. The van der Waals surface area contributed by atoms with Crippen LogP contribution in [-0.4, -0.2) is 23.0 Å². The van der Waals surface area contributed by atoms with E-state index in [4.69, 9.17) is 4.52 Å². The molecule has 1 amide bonds. The Bertz CT molecular complexity index is 737. The lowest BCUT2D eigenvalue weighted by molar-refractivity contribution is -0.137. The molecule has 1 aromatic heterocycles. The number of nitrogens with zero attached hydrogens (tertiary/aromatic N) is 2. The van der Waals surface area contributed by atoms with Crippen molar-refractivity contribution in [2.24, 2.45) is 5.92 Å². The second kappa shape index (κ2) is 5.96. The fraction of sp³-hybridized carbons (Fsp3) is 0.412. The van der Waals surface area contributed by atoms with Crippen molar-refractivity contribution in [1.82, 2.24) is 10.1 Å². The molecule has 0 unspecified atom stereocenters. The van der Waals surface area contributed by atoms with E-state index in [2.05, 4.69) is 5.16 Å². The van der Waals surface area contributed by atoms with E-state index in [1.165, 1.54) is 12.1 Å². The van der Waals surface area contributed by atoms with E-state index in [1.54, 1.807) is 24.9 Å². The third-order valence-corrected chi connectivity index (χ3v) is 4.23. The van der Waals surface area contributed by atoms with Crippen LogP contribution in [0.15, 0.2) is 34.9 Å². The summed E-state index contributed by atoms with van der Waals surface area (Å²) < 4.78 is 42.7. The fourth-order valence-electron chi connectivity index (χ4n) is 2.85. The van der Waals surface area contributed by atoms with Crippen LogP contribution in [0.4, 0.5) is 13.2 Å². The summed E-state index contributed by atoms with van der Waals surface area (Å²) in [5.74, 6) is 0.460. The van der Waals surface area contributed by atoms with Crippen LogP contribution in [0.3, 0.4) is 0 Å². The minimum absolute atomic E-state index is 0.0127. The Morgan fingerprint density at radius 1 is 1.33 bits per heavy atom. The largest absolute Gasteiger partial charge is 0.416 e. The molecule has 0 N–H and O–H groups in total. The molecule has 2 aromatic rings. The number of benzene rings is 1. The number of aromatic nitrogens is 1. The van der Waals surface area contributed by atoms with Crippen molar-refractivity contribution in [1.29, 1.82) is 0 Å². The van der Waals surface area contributed by atoms with E-state index in [9.17, 15) is 18.0 Å². The van der Waals surface area contributed by atoms with Crippen LogP contribution < -0.4 is 0 Å². The highest BCUT2D eigenvalue weighted by Gasteiger charge is 2.45. The van der Waals surface area contributed by atoms with Gasteiger partial charge in [-0.15, -0.1) is 0 Å². The molecule has 2 atom stereocenters. The summed E-state index contributed by atoms with van der Waals surface area (Å²) >= 11 is 0. The molecule has 1 saturated carbocycles. The van der Waals surface area contributed by atoms with Crippen LogP contribution in [0, 0.1) is 12.8 Å². The Morgan fingerprint density at radius 2 is 2.00 bits per heavy atom. The highest BCUT2D eigenvalue weighted by molar-refractivity contribution is 5.82. The van der Waals surface area contributed by atoms with Gasteiger partial charge in [0.2, 0.25) is 5.91 Å². The molecule has 0 bridgehead atoms. The smallest absolute Gasteiger partial charge is 0.361 e. The van der Waals surface area contributed by atoms with E-state index in [0.29, 0.717) is 24.4 Å². The van der Waals surface area contributed by atoms with Gasteiger partial charge in [-0.3, -0.25) is 4.79 Å². The normalized spacial score (nSPS) is 20.0. The summed E-state index contributed by atoms with van der Waals surface area (Å²) in [6, 6.07) is 6.82. The van der Waals surface area contributed by atoms with Gasteiger partial charge in [0.1, 0.15) is 11.5 Å². The summed E-state index contributed by atoms with van der Waals surface area (Å²) in [7, 11) is 1.69. The Hall–Kier alpha value is -2.31. The molecule has 0 spiro atoms. The lowest BCUT2D eigenvalue weighted by atomic mass is 10.1. The first-order chi connectivity index (χ1) is 11.3. The highest BCUT2D eigenvalue weighted by Crippen LogP contribution is 2.48. The van der Waals surface area contributed by atoms with Gasteiger partial charge in [-0.05, 0) is 37.0 Å². The van der Waals surface area contributed by atoms with Gasteiger partial charge in [0.25, 0.3) is 0 Å². The summed E-state index contributed by atoms with van der Waals surface area (Å²) in [5.41, 5.74) is 0.774. The average Bonchev–Trinajstić information content (AvgIpc) is 3.22. The van der Waals surface area contributed by atoms with Gasteiger partial charge in [-0.2, -0.15) is 13.2 Å². The second-order valence-corrected chi connectivity index (χ2v) is 6.19. The number of aryl methyl sites for hydroxylation is 1. The maximum absolute atomic E-state index is 12.6. The minimum Gasteiger partial charge on any atom is -0.361 e. The number of hydrogen-bond donors (Lipinski definition) is 0. The van der Waals surface area contributed by atoms with Gasteiger partial charge >= 0.3 is 6.18 Å². The lowest BCUT2D eigenvalue weighted by Crippen LogP contribution is -2.28. The van der Waals surface area contributed by atoms with Gasteiger partial charge in [-0.25, -0.2) is 0 Å². The van der Waals surface area contributed by atoms with Crippen LogP contribution in [-0.2, 0) is 17.5 Å². The zero-order valence-corrected chi connectivity index (χ0v) is 13.3. The monoisotopic (exact) mass is 338 g/mol. The Labute approximate surface area is 137 Å². The first-order valence-electron chi connectivity index (χ1n) is 7.60. The van der Waals surface area contributed by atoms with Crippen molar-refractivity contribution in [2.45, 2.75) is 32.0 Å². The number of alkyl halides is 3. The highest BCUT2D eigenvalue weighted by atomic mass is 19.4. The van der Waals surface area contributed by atoms with Gasteiger partial charge in [0, 0.05) is 19.0 Å². The summed E-state index contributed by atoms with van der Waals surface area (Å²) in [5, 5.41) is 3.85. The quantitative estimate of drug-likeness (QED) is 0.853. The molecular weight excluding hydrogens is 321 g/mol. The number of carbonyl (C=O) groups is 1. The van der Waals surface area contributed by atoms with E-state index < -0.39 is 11.7 Å². The fourth-order valence-corrected chi connectivity index (χ4v) is 2.85. The third-order valence-electron chi connectivity index (χ3n) is 4.23. The molecule has 24 heavy (non-hydrogen) atoms. The Balaban J connectivity index is 1.61. The van der Waals surface area contributed by atoms with Crippen molar-refractivity contribution in [3.05, 3.63) is 52.9 Å². The number of halogens is 3. The molecular formula is C17H17F3N2O2. The molecule has 1 aliphatic rings. The number of carbonyl (C=O) groups excluding carboxylic acids is 1. The number of rotatable bonds is 4. The number of hydrogen-bond acceptors (Lipinski definition) is 3. The topological polar surface area (TPSA) is 46.3 Å². The zero-order valence-electron chi connectivity index (χ0n) is 13.3. The molecule has 0 aliphatic heterocycles. The maximum atomic E-state index is 12.6. The summed E-state index contributed by atoms with van der Waals surface area (Å²) in [6.07, 6.45) is -3.68. The van der Waals surface area contributed by atoms with E-state index in [-0.39, 0.29) is 17.7 Å².